The molecular weight excluding hydrogens is 1250 g/mol. The lowest BCUT2D eigenvalue weighted by atomic mass is 9.96. The average molecular weight is 1340 g/mol. The second kappa shape index (κ2) is 37.2. The zero-order valence-electron chi connectivity index (χ0n) is 53.7. The average Bonchev–Trinajstić information content (AvgIpc) is 1.75. The zero-order chi connectivity index (χ0) is 71.0. The standard InChI is InChI=1S/C60H88N14O21/c1-7-8-9-10-11-17-40(75)65-34-20-18-33(19-21-34)50(84)67-37(26-45(82)83)53(87)72-49-32(6)64-54(88)39-16-14-23-74(39)58(92)46(29(2)3)70-57(91)48(31(5)61)69-42(77)28-63-51(85)35(24-43(78)79)66-41(76)27-62-52(86)36(25-44(80)81)68-56(90)47(30(4)60(94)95)71-55(89)38-15-12-13-22-73(38)59(49)93/h18-21,29-32,35-39,46-49H,7-17,22-28,61H2,1-6H3,(H,62,86)(H,63,85)(H,64,88)(H,65,75)(H,66,76)(H,67,84)(H,68,90)(H,69,77)(H,70,91)(H,71,89)(H,72,87)(H,78,79)(H,80,81)(H,82,83)(H,94,95). The maximum Gasteiger partial charge on any atom is 0.308 e. The van der Waals surface area contributed by atoms with Gasteiger partial charge < -0.3 is 94.4 Å². The van der Waals surface area contributed by atoms with E-state index in [9.17, 15) is 97.1 Å². The predicted molar refractivity (Wildman–Crippen MR) is 331 cm³/mol. The number of hydrogen-bond acceptors (Lipinski definition) is 18. The monoisotopic (exact) mass is 1340 g/mol. The number of nitrogens with one attached hydrogen (secondary N) is 11. The Morgan fingerprint density at radius 1 is 0.589 bits per heavy atom. The largest absolute Gasteiger partial charge is 0.481 e. The Balaban J connectivity index is 1.81. The van der Waals surface area contributed by atoms with Crippen LogP contribution in [0.5, 0.6) is 0 Å². The van der Waals surface area contributed by atoms with Crippen molar-refractivity contribution in [2.24, 2.45) is 17.6 Å². The lowest BCUT2D eigenvalue weighted by molar-refractivity contribution is -0.150. The first-order valence-corrected chi connectivity index (χ1v) is 31.4. The molecule has 12 unspecified atom stereocenters. The Morgan fingerprint density at radius 2 is 1.12 bits per heavy atom. The SMILES string of the molecule is CCCCCCCC(=O)Nc1ccc(C(=O)NC(CC(=O)O)C(=O)NC2C(=O)N3CCCCC3C(=O)NC(C(C)C(=O)O)C(=O)NC(CC(=O)O)C(=O)NCC(=O)NC(CC(=O)O)C(=O)NCC(=O)NC(C(C)N)C(=O)NC(C(C)C)C(=O)N3CCCC3C(=O)NC2C)cc1. The van der Waals surface area contributed by atoms with Gasteiger partial charge in [0.2, 0.25) is 70.9 Å². The van der Waals surface area contributed by atoms with Crippen LogP contribution in [0.25, 0.3) is 0 Å². The van der Waals surface area contributed by atoms with Crippen molar-refractivity contribution >= 4 is 106 Å². The molecular formula is C60H88N14O21. The lowest BCUT2D eigenvalue weighted by Gasteiger charge is -2.39. The molecule has 0 aliphatic carbocycles. The van der Waals surface area contributed by atoms with E-state index in [-0.39, 0.29) is 63.1 Å². The summed E-state index contributed by atoms with van der Waals surface area (Å²) in [5.41, 5.74) is 6.35. The van der Waals surface area contributed by atoms with Crippen LogP contribution in [0.3, 0.4) is 0 Å². The summed E-state index contributed by atoms with van der Waals surface area (Å²) in [6, 6.07) is -13.6. The molecule has 4 rings (SSSR count). The number of carboxylic acid groups (broad SMARTS) is 4. The first-order valence-electron chi connectivity index (χ1n) is 31.4. The predicted octanol–water partition coefficient (Wildman–Crippen LogP) is -3.74. The molecule has 3 aliphatic heterocycles. The van der Waals surface area contributed by atoms with Crippen molar-refractivity contribution in [2.45, 2.75) is 198 Å². The summed E-state index contributed by atoms with van der Waals surface area (Å²) in [7, 11) is 0. The fourth-order valence-electron chi connectivity index (χ4n) is 10.7. The van der Waals surface area contributed by atoms with Crippen LogP contribution < -0.4 is 64.2 Å². The highest BCUT2D eigenvalue weighted by molar-refractivity contribution is 6.03. The molecule has 35 nitrogen and oxygen atoms in total. The van der Waals surface area contributed by atoms with Crippen molar-refractivity contribution in [2.75, 3.05) is 31.5 Å². The van der Waals surface area contributed by atoms with E-state index in [0.29, 0.717) is 12.1 Å². The minimum absolute atomic E-state index is 0.00589. The van der Waals surface area contributed by atoms with Crippen LogP contribution in [-0.4, -0.2) is 224 Å². The number of unbranched alkanes of at least 4 members (excludes halogenated alkanes) is 4. The van der Waals surface area contributed by atoms with Gasteiger partial charge >= 0.3 is 23.9 Å². The third-order valence-electron chi connectivity index (χ3n) is 16.0. The molecule has 3 fully saturated rings. The molecule has 0 saturated carbocycles. The van der Waals surface area contributed by atoms with Gasteiger partial charge in [-0.2, -0.15) is 0 Å². The molecule has 0 spiro atoms. The first-order chi connectivity index (χ1) is 44.7. The Morgan fingerprint density at radius 3 is 1.67 bits per heavy atom. The molecule has 3 aliphatic rings. The number of nitrogens with two attached hydrogens (primary N) is 1. The van der Waals surface area contributed by atoms with Gasteiger partial charge in [-0.1, -0.05) is 46.5 Å². The summed E-state index contributed by atoms with van der Waals surface area (Å²) in [5, 5.41) is 65.0. The van der Waals surface area contributed by atoms with Crippen LogP contribution in [0.2, 0.25) is 0 Å². The summed E-state index contributed by atoms with van der Waals surface area (Å²) >= 11 is 0. The minimum Gasteiger partial charge on any atom is -0.481 e. The molecule has 35 heteroatoms. The Hall–Kier alpha value is -9.83. The van der Waals surface area contributed by atoms with Crippen molar-refractivity contribution < 1.29 is 102 Å². The van der Waals surface area contributed by atoms with Crippen LogP contribution >= 0.6 is 0 Å². The van der Waals surface area contributed by atoms with Crippen molar-refractivity contribution in [3.8, 4) is 0 Å². The van der Waals surface area contributed by atoms with Crippen molar-refractivity contribution in [3.05, 3.63) is 29.8 Å². The van der Waals surface area contributed by atoms with Crippen LogP contribution in [-0.2, 0) is 76.7 Å². The minimum atomic E-state index is -2.17. The van der Waals surface area contributed by atoms with Crippen LogP contribution in [0.4, 0.5) is 5.69 Å². The fourth-order valence-corrected chi connectivity index (χ4v) is 10.7. The van der Waals surface area contributed by atoms with Gasteiger partial charge in [-0.05, 0) is 89.5 Å². The summed E-state index contributed by atoms with van der Waals surface area (Å²) in [4.78, 5) is 232. The number of hydrogen-bond donors (Lipinski definition) is 16. The topological polar surface area (TPSA) is 536 Å². The maximum absolute atomic E-state index is 15.3. The van der Waals surface area contributed by atoms with E-state index in [1.807, 2.05) is 16.0 Å². The molecule has 3 heterocycles. The van der Waals surface area contributed by atoms with Gasteiger partial charge in [0.05, 0.1) is 44.3 Å². The molecule has 12 atom stereocenters. The molecule has 1 aromatic carbocycles. The number of fused-ring (bicyclic) bond motifs is 2. The van der Waals surface area contributed by atoms with Crippen molar-refractivity contribution in [1.29, 1.82) is 0 Å². The smallest absolute Gasteiger partial charge is 0.308 e. The summed E-state index contributed by atoms with van der Waals surface area (Å²) in [6.07, 6.45) is 1.75. The normalized spacial score (nSPS) is 24.5. The summed E-state index contributed by atoms with van der Waals surface area (Å²) < 4.78 is 0. The number of carbonyl (C=O) groups is 17. The van der Waals surface area contributed by atoms with Crippen LogP contribution in [0, 0.1) is 11.8 Å². The number of carboxylic acids is 4. The molecule has 95 heavy (non-hydrogen) atoms. The van der Waals surface area contributed by atoms with E-state index in [4.69, 9.17) is 5.73 Å². The number of amides is 13. The summed E-state index contributed by atoms with van der Waals surface area (Å²) in [6.45, 7) is 6.26. The summed E-state index contributed by atoms with van der Waals surface area (Å²) in [5.74, 6) is -23.4. The third-order valence-corrected chi connectivity index (χ3v) is 16.0. The second-order valence-corrected chi connectivity index (χ2v) is 24.0. The number of aliphatic carboxylic acids is 4. The highest BCUT2D eigenvalue weighted by Gasteiger charge is 2.45. The van der Waals surface area contributed by atoms with Gasteiger partial charge in [0, 0.05) is 36.8 Å². The van der Waals surface area contributed by atoms with Crippen molar-refractivity contribution in [1.82, 2.24) is 63.0 Å². The van der Waals surface area contributed by atoms with E-state index in [1.54, 1.807) is 13.8 Å². The first kappa shape index (κ1) is 77.6. The molecule has 3 saturated heterocycles. The zero-order valence-corrected chi connectivity index (χ0v) is 53.7. The van der Waals surface area contributed by atoms with E-state index in [1.165, 1.54) is 38.1 Å². The number of rotatable bonds is 21. The fraction of sp³-hybridized carbons (Fsp3) is 0.617. The number of anilines is 1. The van der Waals surface area contributed by atoms with Gasteiger partial charge in [0.25, 0.3) is 5.91 Å². The molecule has 0 bridgehead atoms. The Labute approximate surface area is 546 Å². The van der Waals surface area contributed by atoms with Gasteiger partial charge in [-0.3, -0.25) is 81.5 Å². The Bertz CT molecular complexity index is 3040. The molecule has 0 radical (unpaired) electrons. The van der Waals surface area contributed by atoms with E-state index < -0.39 is 205 Å². The maximum atomic E-state index is 15.3. The quantitative estimate of drug-likeness (QED) is 0.0526. The number of carbonyl (C=O) groups excluding carboxylic acids is 13. The molecule has 13 amide bonds. The number of benzene rings is 1. The van der Waals surface area contributed by atoms with E-state index in [0.717, 1.165) is 42.4 Å². The second-order valence-electron chi connectivity index (χ2n) is 24.0. The van der Waals surface area contributed by atoms with Crippen LogP contribution in [0.15, 0.2) is 24.3 Å². The van der Waals surface area contributed by atoms with E-state index in [2.05, 4.69) is 49.5 Å². The van der Waals surface area contributed by atoms with E-state index >= 15 is 4.79 Å². The molecule has 524 valence electrons. The molecule has 0 aromatic heterocycles. The van der Waals surface area contributed by atoms with Crippen LogP contribution in [0.1, 0.15) is 142 Å². The highest BCUT2D eigenvalue weighted by Crippen LogP contribution is 2.24. The van der Waals surface area contributed by atoms with Gasteiger partial charge in [0.15, 0.2) is 0 Å². The highest BCUT2D eigenvalue weighted by atomic mass is 16.4. The van der Waals surface area contributed by atoms with Gasteiger partial charge in [-0.25, -0.2) is 0 Å². The Kier molecular flexibility index (Phi) is 30.4. The lowest BCUT2D eigenvalue weighted by Crippen LogP contribution is -2.66. The molecule has 1 aromatic rings. The number of nitrogens with zero attached hydrogens (tertiary/aromatic N) is 2. The van der Waals surface area contributed by atoms with Gasteiger partial charge in [0.1, 0.15) is 54.4 Å². The van der Waals surface area contributed by atoms with Crippen molar-refractivity contribution in [3.63, 3.8) is 0 Å². The molecule has 17 N–H and O–H groups in total. The van der Waals surface area contributed by atoms with Gasteiger partial charge in [-0.15, -0.1) is 0 Å². The number of piperidine rings is 1. The third kappa shape index (κ3) is 23.9.